The second kappa shape index (κ2) is 6.24. The zero-order valence-electron chi connectivity index (χ0n) is 14.1. The Morgan fingerprint density at radius 2 is 2.04 bits per heavy atom. The number of carbonyl (C=O) groups excluding carboxylic acids is 2. The summed E-state index contributed by atoms with van der Waals surface area (Å²) >= 11 is 1.59. The number of hydrogen-bond acceptors (Lipinski definition) is 5. The first-order chi connectivity index (χ1) is 12.1. The third kappa shape index (κ3) is 2.83. The number of pyridine rings is 1. The van der Waals surface area contributed by atoms with E-state index in [4.69, 9.17) is 0 Å². The molecule has 0 N–H and O–H groups in total. The summed E-state index contributed by atoms with van der Waals surface area (Å²) in [4.78, 5) is 35.1. The fraction of sp³-hybridized carbons (Fsp3) is 0.389. The van der Waals surface area contributed by atoms with Crippen LogP contribution in [0.25, 0.3) is 0 Å². The van der Waals surface area contributed by atoms with Gasteiger partial charge in [-0.25, -0.2) is 0 Å². The topological polar surface area (TPSA) is 56.8 Å². The lowest BCUT2D eigenvalue weighted by atomic mass is 9.93. The van der Waals surface area contributed by atoms with Crippen LogP contribution in [0.15, 0.2) is 41.4 Å². The number of hydrogen-bond donors (Lipinski definition) is 0. The molecule has 1 spiro atoms. The van der Waals surface area contributed by atoms with Crippen LogP contribution in [0, 0.1) is 0 Å². The van der Waals surface area contributed by atoms with Crippen molar-refractivity contribution in [3.8, 4) is 0 Å². The maximum absolute atomic E-state index is 12.8. The Morgan fingerprint density at radius 1 is 1.24 bits per heavy atom. The molecule has 6 nitrogen and oxygen atoms in total. The van der Waals surface area contributed by atoms with E-state index in [-0.39, 0.29) is 17.4 Å². The fourth-order valence-corrected chi connectivity index (χ4v) is 4.39. The van der Waals surface area contributed by atoms with Crippen molar-refractivity contribution in [1.82, 2.24) is 14.8 Å². The highest BCUT2D eigenvalue weighted by molar-refractivity contribution is 7.08. The van der Waals surface area contributed by atoms with E-state index in [1.54, 1.807) is 35.9 Å². The van der Waals surface area contributed by atoms with Gasteiger partial charge in [-0.2, -0.15) is 11.3 Å². The molecule has 25 heavy (non-hydrogen) atoms. The maximum atomic E-state index is 12.8. The highest BCUT2D eigenvalue weighted by atomic mass is 32.1. The zero-order valence-corrected chi connectivity index (χ0v) is 14.9. The van der Waals surface area contributed by atoms with E-state index in [9.17, 15) is 9.59 Å². The minimum atomic E-state index is -0.182. The monoisotopic (exact) mass is 356 g/mol. The summed E-state index contributed by atoms with van der Waals surface area (Å²) in [7, 11) is 1.99. The number of thiophene rings is 1. The average Bonchev–Trinajstić information content (AvgIpc) is 3.29. The van der Waals surface area contributed by atoms with E-state index in [1.807, 2.05) is 33.7 Å². The molecule has 1 atom stereocenters. The normalized spacial score (nSPS) is 24.3. The number of amides is 2. The molecule has 2 aromatic rings. The van der Waals surface area contributed by atoms with Crippen molar-refractivity contribution < 1.29 is 9.59 Å². The summed E-state index contributed by atoms with van der Waals surface area (Å²) in [5.74, 6) is 0.150. The van der Waals surface area contributed by atoms with Crippen LogP contribution in [0.3, 0.4) is 0 Å². The van der Waals surface area contributed by atoms with Gasteiger partial charge in [0, 0.05) is 43.0 Å². The third-order valence-electron chi connectivity index (χ3n) is 5.30. The number of piperazine rings is 1. The second-order valence-corrected chi connectivity index (χ2v) is 7.53. The molecule has 4 rings (SSSR count). The molecular weight excluding hydrogens is 336 g/mol. The van der Waals surface area contributed by atoms with Crippen LogP contribution in [0.2, 0.25) is 0 Å². The van der Waals surface area contributed by atoms with Gasteiger partial charge in [-0.15, -0.1) is 0 Å². The van der Waals surface area contributed by atoms with Gasteiger partial charge >= 0.3 is 0 Å². The van der Waals surface area contributed by atoms with Crippen molar-refractivity contribution in [2.75, 3.05) is 38.1 Å². The summed E-state index contributed by atoms with van der Waals surface area (Å²) in [5, 5.41) is 3.99. The molecule has 0 bridgehead atoms. The molecular formula is C18H20N4O2S. The number of rotatable bonds is 2. The average molecular weight is 356 g/mol. The van der Waals surface area contributed by atoms with Crippen LogP contribution >= 0.6 is 11.3 Å². The standard InChI is InChI=1S/C18H20N4O2S/c1-20-10-16(23)22(15-4-9-25-11-15)13-18(20)5-8-21(12-18)17(24)14-2-6-19-7-3-14/h2-4,6-7,9,11H,5,8,10,12-13H2,1H3/t18-/m1/s1. The molecule has 0 saturated carbocycles. The van der Waals surface area contributed by atoms with Crippen molar-refractivity contribution in [3.63, 3.8) is 0 Å². The number of likely N-dealkylation sites (N-methyl/N-ethyl adjacent to an activating group) is 1. The van der Waals surface area contributed by atoms with Crippen LogP contribution in [0.1, 0.15) is 16.8 Å². The number of anilines is 1. The first kappa shape index (κ1) is 16.2. The van der Waals surface area contributed by atoms with E-state index in [1.165, 1.54) is 0 Å². The van der Waals surface area contributed by atoms with Crippen molar-refractivity contribution in [1.29, 1.82) is 0 Å². The Labute approximate surface area is 150 Å². The molecule has 2 aliphatic heterocycles. The van der Waals surface area contributed by atoms with Gasteiger partial charge in [-0.3, -0.25) is 19.5 Å². The minimum absolute atomic E-state index is 0.0339. The van der Waals surface area contributed by atoms with Crippen LogP contribution in [-0.2, 0) is 4.79 Å². The lowest BCUT2D eigenvalue weighted by Crippen LogP contribution is -2.64. The molecule has 2 amide bonds. The zero-order chi connectivity index (χ0) is 17.4. The largest absolute Gasteiger partial charge is 0.337 e. The van der Waals surface area contributed by atoms with Crippen molar-refractivity contribution in [2.45, 2.75) is 12.0 Å². The van der Waals surface area contributed by atoms with Gasteiger partial charge in [0.05, 0.1) is 17.8 Å². The van der Waals surface area contributed by atoms with Gasteiger partial charge in [-0.05, 0) is 37.0 Å². The molecule has 7 heteroatoms. The van der Waals surface area contributed by atoms with Gasteiger partial charge in [0.2, 0.25) is 5.91 Å². The van der Waals surface area contributed by atoms with E-state index in [0.717, 1.165) is 12.1 Å². The SMILES string of the molecule is CN1CC(=O)N(c2ccsc2)C[C@]12CCN(C(=O)c1ccncc1)C2. The molecule has 0 unspecified atom stereocenters. The van der Waals surface area contributed by atoms with Crippen molar-refractivity contribution in [3.05, 3.63) is 46.9 Å². The maximum Gasteiger partial charge on any atom is 0.254 e. The summed E-state index contributed by atoms with van der Waals surface area (Å²) in [5.41, 5.74) is 1.44. The Bertz CT molecular complexity index is 780. The van der Waals surface area contributed by atoms with Crippen molar-refractivity contribution >= 4 is 28.8 Å². The number of nitrogens with zero attached hydrogens (tertiary/aromatic N) is 4. The Balaban J connectivity index is 1.55. The van der Waals surface area contributed by atoms with Gasteiger partial charge in [0.1, 0.15) is 0 Å². The molecule has 4 heterocycles. The summed E-state index contributed by atoms with van der Waals surface area (Å²) in [6, 6.07) is 5.48. The van der Waals surface area contributed by atoms with Crippen molar-refractivity contribution in [2.24, 2.45) is 0 Å². The quantitative estimate of drug-likeness (QED) is 0.822. The van der Waals surface area contributed by atoms with Crippen LogP contribution in [0.5, 0.6) is 0 Å². The molecule has 2 saturated heterocycles. The van der Waals surface area contributed by atoms with Crippen LogP contribution in [0.4, 0.5) is 5.69 Å². The smallest absolute Gasteiger partial charge is 0.254 e. The third-order valence-corrected chi connectivity index (χ3v) is 5.97. The highest BCUT2D eigenvalue weighted by Gasteiger charge is 2.48. The van der Waals surface area contributed by atoms with E-state index in [2.05, 4.69) is 9.88 Å². The highest BCUT2D eigenvalue weighted by Crippen LogP contribution is 2.34. The van der Waals surface area contributed by atoms with Gasteiger partial charge in [0.25, 0.3) is 5.91 Å². The van der Waals surface area contributed by atoms with Gasteiger partial charge < -0.3 is 9.80 Å². The predicted octanol–water partition coefficient (Wildman–Crippen LogP) is 1.71. The predicted molar refractivity (Wildman–Crippen MR) is 96.8 cm³/mol. The van der Waals surface area contributed by atoms with E-state index < -0.39 is 0 Å². The molecule has 2 fully saturated rings. The Morgan fingerprint density at radius 3 is 2.76 bits per heavy atom. The summed E-state index contributed by atoms with van der Waals surface area (Å²) in [6.07, 6.45) is 4.15. The molecule has 0 radical (unpaired) electrons. The molecule has 130 valence electrons. The summed E-state index contributed by atoms with van der Waals surface area (Å²) in [6.45, 7) is 2.35. The lowest BCUT2D eigenvalue weighted by Gasteiger charge is -2.46. The first-order valence-corrected chi connectivity index (χ1v) is 9.26. The molecule has 0 aromatic carbocycles. The van der Waals surface area contributed by atoms with E-state index in [0.29, 0.717) is 31.7 Å². The fourth-order valence-electron chi connectivity index (χ4n) is 3.75. The molecule has 2 aliphatic rings. The van der Waals surface area contributed by atoms with Gasteiger partial charge in [0.15, 0.2) is 0 Å². The Kier molecular flexibility index (Phi) is 4.05. The molecule has 0 aliphatic carbocycles. The number of carbonyl (C=O) groups is 2. The minimum Gasteiger partial charge on any atom is -0.337 e. The Hall–Kier alpha value is -2.25. The van der Waals surface area contributed by atoms with E-state index >= 15 is 0 Å². The second-order valence-electron chi connectivity index (χ2n) is 6.75. The number of aromatic nitrogens is 1. The summed E-state index contributed by atoms with van der Waals surface area (Å²) < 4.78 is 0. The van der Waals surface area contributed by atoms with Crippen LogP contribution in [-0.4, -0.2) is 65.4 Å². The van der Waals surface area contributed by atoms with Gasteiger partial charge in [-0.1, -0.05) is 0 Å². The first-order valence-electron chi connectivity index (χ1n) is 8.32. The molecule has 2 aromatic heterocycles. The number of likely N-dealkylation sites (tertiary alicyclic amines) is 1. The lowest BCUT2D eigenvalue weighted by molar-refractivity contribution is -0.123. The van der Waals surface area contributed by atoms with Crippen LogP contribution < -0.4 is 4.90 Å².